The molecule has 3 aromatic heterocycles. The molecule has 0 atom stereocenters. The molecule has 0 saturated carbocycles. The molecule has 0 amide bonds. The molecule has 3 aromatic rings. The zero-order valence-electron chi connectivity index (χ0n) is 10.1. The van der Waals surface area contributed by atoms with Crippen molar-refractivity contribution in [1.29, 1.82) is 0 Å². The lowest BCUT2D eigenvalue weighted by Gasteiger charge is -2.07. The van der Waals surface area contributed by atoms with E-state index in [4.69, 9.17) is 16.1 Å². The van der Waals surface area contributed by atoms with Gasteiger partial charge in [0.2, 0.25) is 0 Å². The number of rotatable bonds is 2. The first kappa shape index (κ1) is 11.9. The minimum absolute atomic E-state index is 0.452. The van der Waals surface area contributed by atoms with Crippen molar-refractivity contribution in [2.24, 2.45) is 0 Å². The number of aromatic nitrogens is 3. The molecule has 19 heavy (non-hydrogen) atoms. The van der Waals surface area contributed by atoms with Gasteiger partial charge in [0.05, 0.1) is 5.69 Å². The van der Waals surface area contributed by atoms with E-state index in [0.717, 1.165) is 16.8 Å². The van der Waals surface area contributed by atoms with Crippen molar-refractivity contribution in [3.8, 4) is 0 Å². The molecule has 0 saturated heterocycles. The molecule has 3 heterocycles. The third-order valence-corrected chi connectivity index (χ3v) is 3.15. The van der Waals surface area contributed by atoms with Crippen LogP contribution in [-0.2, 0) is 6.42 Å². The van der Waals surface area contributed by atoms with Gasteiger partial charge >= 0.3 is 5.76 Å². The monoisotopic (exact) mass is 275 g/mol. The third kappa shape index (κ3) is 2.24. The highest BCUT2D eigenvalue weighted by Gasteiger charge is 2.10. The average Bonchev–Trinajstić information content (AvgIpc) is 2.76. The first-order valence-electron chi connectivity index (χ1n) is 5.72. The van der Waals surface area contributed by atoms with E-state index in [1.807, 2.05) is 19.1 Å². The fourth-order valence-electron chi connectivity index (χ4n) is 1.95. The van der Waals surface area contributed by atoms with Gasteiger partial charge in [0.1, 0.15) is 5.15 Å². The van der Waals surface area contributed by atoms with E-state index in [1.54, 1.807) is 18.3 Å². The van der Waals surface area contributed by atoms with E-state index in [1.165, 1.54) is 4.57 Å². The number of nitrogens with zero attached hydrogens (tertiary/aromatic N) is 3. The normalized spacial score (nSPS) is 11.1. The summed E-state index contributed by atoms with van der Waals surface area (Å²) in [5.74, 6) is -0.596. The highest BCUT2D eigenvalue weighted by molar-refractivity contribution is 6.29. The summed E-state index contributed by atoms with van der Waals surface area (Å²) in [4.78, 5) is 19.0. The van der Waals surface area contributed by atoms with Crippen molar-refractivity contribution in [2.75, 3.05) is 0 Å². The molecule has 96 valence electrons. The minimum atomic E-state index is -0.596. The Bertz CT molecular complexity index is 790. The van der Waals surface area contributed by atoms with E-state index in [0.29, 0.717) is 17.2 Å². The van der Waals surface area contributed by atoms with Crippen LogP contribution >= 0.6 is 11.6 Å². The lowest BCUT2D eigenvalue weighted by atomic mass is 10.1. The number of hydrogen-bond acceptors (Lipinski definition) is 4. The SMILES string of the molecule is Cc1ccc2nc(=O)on2c1Cc1ccc(Cl)nc1. The summed E-state index contributed by atoms with van der Waals surface area (Å²) in [5, 5.41) is 0.452. The van der Waals surface area contributed by atoms with Crippen LogP contribution in [0.1, 0.15) is 16.8 Å². The molecular formula is C13H10ClN3O2. The van der Waals surface area contributed by atoms with Gasteiger partial charge in [-0.15, -0.1) is 0 Å². The molecule has 6 heteroatoms. The van der Waals surface area contributed by atoms with Gasteiger partial charge in [-0.1, -0.05) is 23.7 Å². The number of hydrogen-bond donors (Lipinski definition) is 0. The molecule has 0 N–H and O–H groups in total. The first-order valence-corrected chi connectivity index (χ1v) is 6.10. The molecular weight excluding hydrogens is 266 g/mol. The van der Waals surface area contributed by atoms with Crippen LogP contribution in [0.3, 0.4) is 0 Å². The van der Waals surface area contributed by atoms with Gasteiger partial charge in [-0.3, -0.25) is 0 Å². The van der Waals surface area contributed by atoms with Gasteiger partial charge in [0.25, 0.3) is 0 Å². The van der Waals surface area contributed by atoms with E-state index in [2.05, 4.69) is 9.97 Å². The number of pyridine rings is 2. The summed E-state index contributed by atoms with van der Waals surface area (Å²) in [6.07, 6.45) is 2.29. The largest absolute Gasteiger partial charge is 0.460 e. The van der Waals surface area contributed by atoms with Crippen molar-refractivity contribution in [3.05, 3.63) is 63.0 Å². The van der Waals surface area contributed by atoms with Crippen LogP contribution in [0.2, 0.25) is 5.15 Å². The molecule has 0 fully saturated rings. The van der Waals surface area contributed by atoms with Crippen LogP contribution in [0.4, 0.5) is 0 Å². The predicted octanol–water partition coefficient (Wildman–Crippen LogP) is 2.24. The smallest absolute Gasteiger partial charge is 0.314 e. The Balaban J connectivity index is 2.11. The van der Waals surface area contributed by atoms with E-state index >= 15 is 0 Å². The summed E-state index contributed by atoms with van der Waals surface area (Å²) >= 11 is 5.76. The number of halogens is 1. The summed E-state index contributed by atoms with van der Waals surface area (Å²) in [6, 6.07) is 7.29. The Kier molecular flexibility index (Phi) is 2.83. The quantitative estimate of drug-likeness (QED) is 0.673. The zero-order chi connectivity index (χ0) is 13.4. The van der Waals surface area contributed by atoms with Crippen molar-refractivity contribution in [3.63, 3.8) is 0 Å². The van der Waals surface area contributed by atoms with Crippen LogP contribution < -0.4 is 5.76 Å². The molecule has 0 bridgehead atoms. The molecule has 3 rings (SSSR count). The summed E-state index contributed by atoms with van der Waals surface area (Å²) in [7, 11) is 0. The predicted molar refractivity (Wildman–Crippen MR) is 70.5 cm³/mol. The zero-order valence-corrected chi connectivity index (χ0v) is 10.9. The van der Waals surface area contributed by atoms with Gasteiger partial charge in [0.15, 0.2) is 5.65 Å². The Morgan fingerprint density at radius 3 is 2.89 bits per heavy atom. The van der Waals surface area contributed by atoms with Gasteiger partial charge in [-0.25, -0.2) is 9.78 Å². The fraction of sp³-hybridized carbons (Fsp3) is 0.154. The van der Waals surface area contributed by atoms with Crippen molar-refractivity contribution < 1.29 is 4.52 Å². The summed E-state index contributed by atoms with van der Waals surface area (Å²) < 4.78 is 6.54. The number of fused-ring (bicyclic) bond motifs is 1. The molecule has 0 aliphatic heterocycles. The molecule has 0 spiro atoms. The van der Waals surface area contributed by atoms with E-state index in [-0.39, 0.29) is 0 Å². The minimum Gasteiger partial charge on any atom is -0.314 e. The molecule has 0 aromatic carbocycles. The van der Waals surface area contributed by atoms with Gasteiger partial charge in [-0.2, -0.15) is 9.56 Å². The third-order valence-electron chi connectivity index (χ3n) is 2.93. The van der Waals surface area contributed by atoms with E-state index in [9.17, 15) is 4.79 Å². The maximum absolute atomic E-state index is 11.2. The van der Waals surface area contributed by atoms with E-state index < -0.39 is 5.76 Å². The molecule has 0 unspecified atom stereocenters. The van der Waals surface area contributed by atoms with Crippen LogP contribution in [0.15, 0.2) is 39.8 Å². The lowest BCUT2D eigenvalue weighted by Crippen LogP contribution is -2.01. The second-order valence-corrected chi connectivity index (χ2v) is 4.64. The van der Waals surface area contributed by atoms with Crippen molar-refractivity contribution in [2.45, 2.75) is 13.3 Å². The second kappa shape index (κ2) is 4.51. The maximum Gasteiger partial charge on any atom is 0.460 e. The van der Waals surface area contributed by atoms with Crippen molar-refractivity contribution in [1.82, 2.24) is 14.5 Å². The average molecular weight is 276 g/mol. The van der Waals surface area contributed by atoms with Crippen LogP contribution in [-0.4, -0.2) is 14.5 Å². The Hall–Kier alpha value is -2.14. The van der Waals surface area contributed by atoms with Gasteiger partial charge in [0, 0.05) is 12.6 Å². The van der Waals surface area contributed by atoms with Crippen molar-refractivity contribution >= 4 is 17.2 Å². The highest BCUT2D eigenvalue weighted by Crippen LogP contribution is 2.16. The standard InChI is InChI=1S/C13H10ClN3O2/c1-8-2-5-12-16-13(18)19-17(12)10(8)6-9-3-4-11(14)15-7-9/h2-5,7H,6H2,1H3. The van der Waals surface area contributed by atoms with Crippen LogP contribution in [0.25, 0.3) is 5.65 Å². The van der Waals surface area contributed by atoms with Crippen LogP contribution in [0.5, 0.6) is 0 Å². The van der Waals surface area contributed by atoms with Crippen LogP contribution in [0, 0.1) is 6.92 Å². The second-order valence-electron chi connectivity index (χ2n) is 4.25. The molecule has 0 radical (unpaired) electrons. The Morgan fingerprint density at radius 1 is 1.32 bits per heavy atom. The fourth-order valence-corrected chi connectivity index (χ4v) is 2.07. The van der Waals surface area contributed by atoms with Gasteiger partial charge < -0.3 is 4.52 Å². The Labute approximate surface area is 113 Å². The maximum atomic E-state index is 11.2. The molecule has 0 aliphatic carbocycles. The topological polar surface area (TPSA) is 60.4 Å². The summed E-state index contributed by atoms with van der Waals surface area (Å²) in [6.45, 7) is 1.96. The first-order chi connectivity index (χ1) is 9.13. The number of aryl methyl sites for hydroxylation is 1. The lowest BCUT2D eigenvalue weighted by molar-refractivity contribution is 0.335. The molecule has 0 aliphatic rings. The highest BCUT2D eigenvalue weighted by atomic mass is 35.5. The molecule has 5 nitrogen and oxygen atoms in total. The Morgan fingerprint density at radius 2 is 2.16 bits per heavy atom. The summed E-state index contributed by atoms with van der Waals surface area (Å²) in [5.41, 5.74) is 3.38. The van der Waals surface area contributed by atoms with Gasteiger partial charge in [-0.05, 0) is 30.2 Å².